The van der Waals surface area contributed by atoms with Crippen molar-refractivity contribution in [3.8, 4) is 0 Å². The molecule has 0 atom stereocenters. The van der Waals surface area contributed by atoms with Crippen LogP contribution in [0, 0.1) is 6.07 Å². The van der Waals surface area contributed by atoms with Gasteiger partial charge in [0.2, 0.25) is 0 Å². The van der Waals surface area contributed by atoms with Crippen molar-refractivity contribution >= 4 is 5.82 Å². The third-order valence-corrected chi connectivity index (χ3v) is 0.938. The molecule has 47 valence electrons. The molecule has 9 heavy (non-hydrogen) atoms. The maximum absolute atomic E-state index is 3.94. The smallest absolute Gasteiger partial charge is 0.139 e. The van der Waals surface area contributed by atoms with Gasteiger partial charge in [-0.1, -0.05) is 0 Å². The zero-order valence-electron chi connectivity index (χ0n) is 5.50. The zero-order valence-corrected chi connectivity index (χ0v) is 5.50. The normalized spacial score (nSPS) is 9.11. The molecule has 1 aromatic rings. The Morgan fingerprint density at radius 1 is 1.56 bits per heavy atom. The highest BCUT2D eigenvalue weighted by Gasteiger charge is 1.91. The Kier molecular flexibility index (Phi) is 1.63. The highest BCUT2D eigenvalue weighted by atomic mass is 15.1. The second-order valence-corrected chi connectivity index (χ2v) is 1.89. The summed E-state index contributed by atoms with van der Waals surface area (Å²) in [6, 6.07) is 2.87. The van der Waals surface area contributed by atoms with Gasteiger partial charge in [-0.2, -0.15) is 0 Å². The lowest BCUT2D eigenvalue weighted by Gasteiger charge is -2.07. The Hall–Kier alpha value is -1.12. The lowest BCUT2D eigenvalue weighted by atomic mass is 10.5. The second-order valence-electron chi connectivity index (χ2n) is 1.89. The highest BCUT2D eigenvalue weighted by Crippen LogP contribution is 1.99. The average Bonchev–Trinajstić information content (AvgIpc) is 1.90. The highest BCUT2D eigenvalue weighted by molar-refractivity contribution is 5.31. The van der Waals surface area contributed by atoms with Gasteiger partial charge in [0.15, 0.2) is 0 Å². The summed E-state index contributed by atoms with van der Waals surface area (Å²) in [5.74, 6) is 0.810. The van der Waals surface area contributed by atoms with E-state index < -0.39 is 0 Å². The van der Waals surface area contributed by atoms with Crippen LogP contribution in [0.5, 0.6) is 0 Å². The number of anilines is 1. The second kappa shape index (κ2) is 2.44. The van der Waals surface area contributed by atoms with Gasteiger partial charge in [-0.3, -0.25) is 0 Å². The van der Waals surface area contributed by atoms with Crippen LogP contribution in [0.15, 0.2) is 12.5 Å². The maximum Gasteiger partial charge on any atom is 0.139 e. The van der Waals surface area contributed by atoms with Crippen molar-refractivity contribution in [1.29, 1.82) is 0 Å². The molecule has 3 nitrogen and oxygen atoms in total. The van der Waals surface area contributed by atoms with E-state index in [1.807, 2.05) is 19.0 Å². The molecule has 1 radical (unpaired) electrons. The summed E-state index contributed by atoms with van der Waals surface area (Å²) in [7, 11) is 3.83. The average molecular weight is 122 g/mol. The van der Waals surface area contributed by atoms with Crippen LogP contribution in [-0.2, 0) is 0 Å². The van der Waals surface area contributed by atoms with Crippen LogP contribution >= 0.6 is 0 Å². The molecule has 0 bridgehead atoms. The number of nitrogens with zero attached hydrogens (tertiary/aromatic N) is 3. The Labute approximate surface area is 54.4 Å². The standard InChI is InChI=1S/C6H8N3/c1-9(2)6-3-4-7-5-8-6/h4-5H,1-2H3. The van der Waals surface area contributed by atoms with E-state index in [2.05, 4.69) is 16.0 Å². The SMILES string of the molecule is CN(C)c1[c]cncn1. The molecule has 0 unspecified atom stereocenters. The number of hydrogen-bond donors (Lipinski definition) is 0. The fourth-order valence-corrected chi connectivity index (χ4v) is 0.498. The first-order valence-electron chi connectivity index (χ1n) is 2.65. The summed E-state index contributed by atoms with van der Waals surface area (Å²) < 4.78 is 0. The predicted molar refractivity (Wildman–Crippen MR) is 35.2 cm³/mol. The molecule has 0 aromatic carbocycles. The maximum atomic E-state index is 3.94. The Balaban J connectivity index is 2.85. The fourth-order valence-electron chi connectivity index (χ4n) is 0.498. The first kappa shape index (κ1) is 6.01. The molecule has 0 N–H and O–H groups in total. The van der Waals surface area contributed by atoms with E-state index in [0.717, 1.165) is 5.82 Å². The summed E-state index contributed by atoms with van der Waals surface area (Å²) in [5.41, 5.74) is 0. The molecular weight excluding hydrogens is 114 g/mol. The van der Waals surface area contributed by atoms with E-state index in [1.54, 1.807) is 6.20 Å². The first-order chi connectivity index (χ1) is 4.30. The topological polar surface area (TPSA) is 29.0 Å². The lowest BCUT2D eigenvalue weighted by molar-refractivity contribution is 1.03. The molecule has 1 aromatic heterocycles. The molecule has 0 aliphatic heterocycles. The van der Waals surface area contributed by atoms with Crippen LogP contribution in [0.4, 0.5) is 5.82 Å². The summed E-state index contributed by atoms with van der Waals surface area (Å²) >= 11 is 0. The fraction of sp³-hybridized carbons (Fsp3) is 0.333. The molecule has 1 heterocycles. The van der Waals surface area contributed by atoms with Gasteiger partial charge in [-0.25, -0.2) is 9.97 Å². The molecule has 0 aliphatic carbocycles. The number of rotatable bonds is 1. The zero-order chi connectivity index (χ0) is 6.69. The molecule has 0 spiro atoms. The minimum absolute atomic E-state index is 0.810. The van der Waals surface area contributed by atoms with E-state index in [0.29, 0.717) is 0 Å². The Morgan fingerprint density at radius 2 is 2.33 bits per heavy atom. The van der Waals surface area contributed by atoms with Crippen molar-refractivity contribution in [3.63, 3.8) is 0 Å². The summed E-state index contributed by atoms with van der Waals surface area (Å²) in [6.45, 7) is 0. The van der Waals surface area contributed by atoms with Gasteiger partial charge >= 0.3 is 0 Å². The minimum Gasteiger partial charge on any atom is -0.362 e. The van der Waals surface area contributed by atoms with E-state index in [-0.39, 0.29) is 0 Å². The Morgan fingerprint density at radius 3 is 2.67 bits per heavy atom. The quantitative estimate of drug-likeness (QED) is 0.538. The van der Waals surface area contributed by atoms with E-state index in [9.17, 15) is 0 Å². The lowest BCUT2D eigenvalue weighted by Crippen LogP contribution is -2.10. The summed E-state index contributed by atoms with van der Waals surface area (Å²) in [6.07, 6.45) is 3.11. The summed E-state index contributed by atoms with van der Waals surface area (Å²) in [5, 5.41) is 0. The molecule has 3 heteroatoms. The van der Waals surface area contributed by atoms with E-state index >= 15 is 0 Å². The van der Waals surface area contributed by atoms with Crippen LogP contribution in [0.25, 0.3) is 0 Å². The van der Waals surface area contributed by atoms with Crippen molar-refractivity contribution in [2.45, 2.75) is 0 Å². The molecule has 0 saturated carbocycles. The first-order valence-corrected chi connectivity index (χ1v) is 2.65. The van der Waals surface area contributed by atoms with E-state index in [4.69, 9.17) is 0 Å². The van der Waals surface area contributed by atoms with Crippen molar-refractivity contribution in [2.75, 3.05) is 19.0 Å². The molecule has 0 aliphatic rings. The van der Waals surface area contributed by atoms with Gasteiger partial charge in [0.25, 0.3) is 0 Å². The van der Waals surface area contributed by atoms with Crippen LogP contribution < -0.4 is 4.90 Å². The van der Waals surface area contributed by atoms with Crippen LogP contribution in [-0.4, -0.2) is 24.1 Å². The molecule has 0 amide bonds. The van der Waals surface area contributed by atoms with Gasteiger partial charge < -0.3 is 4.90 Å². The van der Waals surface area contributed by atoms with Gasteiger partial charge in [-0.05, 0) is 0 Å². The minimum atomic E-state index is 0.810. The van der Waals surface area contributed by atoms with E-state index in [1.165, 1.54) is 6.33 Å². The molecular formula is C6H8N3. The molecule has 0 saturated heterocycles. The predicted octanol–water partition coefficient (Wildman–Crippen LogP) is 0.343. The van der Waals surface area contributed by atoms with Crippen molar-refractivity contribution in [3.05, 3.63) is 18.6 Å². The van der Waals surface area contributed by atoms with Crippen molar-refractivity contribution in [2.24, 2.45) is 0 Å². The Bertz CT molecular complexity index is 171. The monoisotopic (exact) mass is 122 g/mol. The van der Waals surface area contributed by atoms with Gasteiger partial charge in [-0.15, -0.1) is 0 Å². The summed E-state index contributed by atoms with van der Waals surface area (Å²) in [4.78, 5) is 9.55. The third kappa shape index (κ3) is 1.38. The number of aromatic nitrogens is 2. The van der Waals surface area contributed by atoms with Crippen LogP contribution in [0.3, 0.4) is 0 Å². The van der Waals surface area contributed by atoms with Gasteiger partial charge in [0, 0.05) is 26.4 Å². The largest absolute Gasteiger partial charge is 0.362 e. The van der Waals surface area contributed by atoms with Gasteiger partial charge in [0.1, 0.15) is 12.1 Å². The third-order valence-electron chi connectivity index (χ3n) is 0.938. The van der Waals surface area contributed by atoms with Crippen LogP contribution in [0.1, 0.15) is 0 Å². The van der Waals surface area contributed by atoms with Gasteiger partial charge in [0.05, 0.1) is 0 Å². The molecule has 1 rings (SSSR count). The number of hydrogen-bond acceptors (Lipinski definition) is 3. The van der Waals surface area contributed by atoms with Crippen molar-refractivity contribution < 1.29 is 0 Å². The molecule has 0 fully saturated rings. The van der Waals surface area contributed by atoms with Crippen LogP contribution in [0.2, 0.25) is 0 Å². The van der Waals surface area contributed by atoms with Crippen molar-refractivity contribution in [1.82, 2.24) is 9.97 Å².